The third kappa shape index (κ3) is 5.23. The molecule has 0 fully saturated rings. The average molecular weight is 641 g/mol. The minimum atomic E-state index is -1.35. The number of aliphatic carboxylic acids is 1. The van der Waals surface area contributed by atoms with E-state index in [0.717, 1.165) is 9.13 Å². The van der Waals surface area contributed by atoms with Crippen LogP contribution in [-0.2, 0) is 11.2 Å². The monoisotopic (exact) mass is 640 g/mol. The number of hydrogen-bond acceptors (Lipinski definition) is 5. The van der Waals surface area contributed by atoms with Gasteiger partial charge in [-0.15, -0.1) is 0 Å². The lowest BCUT2D eigenvalue weighted by molar-refractivity contribution is -0.152. The van der Waals surface area contributed by atoms with Gasteiger partial charge >= 0.3 is 5.97 Å². The van der Waals surface area contributed by atoms with Gasteiger partial charge in [0.2, 0.25) is 0 Å². The Labute approximate surface area is 230 Å². The van der Waals surface area contributed by atoms with Crippen molar-refractivity contribution >= 4 is 62.8 Å². The largest absolute Gasteiger partial charge is 0.478 e. The topological polar surface area (TPSA) is 110 Å². The molecule has 0 saturated carbocycles. The highest BCUT2D eigenvalue weighted by Crippen LogP contribution is 2.33. The van der Waals surface area contributed by atoms with Gasteiger partial charge in [0, 0.05) is 15.0 Å². The van der Waals surface area contributed by atoms with Gasteiger partial charge in [-0.25, -0.2) is 14.5 Å². The maximum absolute atomic E-state index is 13.2. The highest BCUT2D eigenvalue weighted by Gasteiger charge is 2.29. The molecule has 0 aliphatic rings. The molecule has 0 saturated heterocycles. The molecule has 0 bridgehead atoms. The Bertz CT molecular complexity index is 1500. The van der Waals surface area contributed by atoms with E-state index in [-0.39, 0.29) is 11.5 Å². The molecule has 0 amide bonds. The maximum atomic E-state index is 13.2. The van der Waals surface area contributed by atoms with Crippen LogP contribution in [0.2, 0.25) is 10.0 Å². The van der Waals surface area contributed by atoms with Crippen molar-refractivity contribution in [2.45, 2.75) is 45.6 Å². The van der Waals surface area contributed by atoms with Gasteiger partial charge in [0.05, 0.1) is 16.4 Å². The summed E-state index contributed by atoms with van der Waals surface area (Å²) >= 11 is 14.8. The normalized spacial score (nSPS) is 11.9. The Balaban J connectivity index is 1.76. The van der Waals surface area contributed by atoms with Crippen LogP contribution in [0.4, 0.5) is 0 Å². The van der Waals surface area contributed by atoms with Crippen molar-refractivity contribution in [3.63, 3.8) is 0 Å². The molecule has 0 radical (unpaired) electrons. The number of aromatic nitrogens is 4. The van der Waals surface area contributed by atoms with E-state index in [1.165, 1.54) is 13.8 Å². The first kappa shape index (κ1) is 26.4. The predicted molar refractivity (Wildman–Crippen MR) is 148 cm³/mol. The molecule has 0 atom stereocenters. The number of aromatic amines is 1. The Hall–Kier alpha value is -2.63. The molecular formula is C25H23Cl2IN4O4. The average Bonchev–Trinajstić information content (AvgIpc) is 3.14. The highest BCUT2D eigenvalue weighted by atomic mass is 127. The van der Waals surface area contributed by atoms with Crippen LogP contribution < -0.4 is 10.3 Å². The number of H-pyrrole nitrogens is 1. The van der Waals surface area contributed by atoms with Crippen LogP contribution in [0.25, 0.3) is 16.7 Å². The molecule has 36 heavy (non-hydrogen) atoms. The van der Waals surface area contributed by atoms with Crippen LogP contribution in [0, 0.1) is 3.57 Å². The van der Waals surface area contributed by atoms with Crippen molar-refractivity contribution in [3.05, 3.63) is 77.4 Å². The summed E-state index contributed by atoms with van der Waals surface area (Å²) in [5.74, 6) is -0.207. The van der Waals surface area contributed by atoms with Crippen molar-refractivity contribution in [1.82, 2.24) is 19.7 Å². The zero-order valence-electron chi connectivity index (χ0n) is 19.9. The quantitative estimate of drug-likeness (QED) is 0.241. The molecule has 11 heteroatoms. The molecule has 2 aromatic heterocycles. The lowest BCUT2D eigenvalue weighted by Crippen LogP contribution is -2.37. The smallest absolute Gasteiger partial charge is 0.347 e. The Kier molecular flexibility index (Phi) is 7.36. The lowest BCUT2D eigenvalue weighted by atomic mass is 10.1. The molecule has 0 aliphatic heterocycles. The van der Waals surface area contributed by atoms with Crippen LogP contribution in [0.3, 0.4) is 0 Å². The van der Waals surface area contributed by atoms with E-state index < -0.39 is 11.6 Å². The fourth-order valence-electron chi connectivity index (χ4n) is 3.68. The first-order valence-corrected chi connectivity index (χ1v) is 12.9. The molecule has 8 nitrogen and oxygen atoms in total. The summed E-state index contributed by atoms with van der Waals surface area (Å²) in [6, 6.07) is 10.4. The number of nitrogens with one attached hydrogen (secondary N) is 1. The minimum absolute atomic E-state index is 0.0196. The van der Waals surface area contributed by atoms with Crippen molar-refractivity contribution in [2.24, 2.45) is 0 Å². The molecule has 2 N–H and O–H groups in total. The molecule has 0 unspecified atom stereocenters. The number of halogens is 3. The van der Waals surface area contributed by atoms with Crippen LogP contribution in [0.1, 0.15) is 50.7 Å². The molecule has 0 spiro atoms. The van der Waals surface area contributed by atoms with Gasteiger partial charge in [-0.05, 0) is 72.2 Å². The third-order valence-corrected chi connectivity index (χ3v) is 6.87. The number of hydrogen-bond donors (Lipinski definition) is 2. The van der Waals surface area contributed by atoms with Crippen LogP contribution >= 0.6 is 45.8 Å². The lowest BCUT2D eigenvalue weighted by Gasteiger charge is -2.21. The zero-order chi connectivity index (χ0) is 26.4. The van der Waals surface area contributed by atoms with Gasteiger partial charge in [0.25, 0.3) is 5.56 Å². The van der Waals surface area contributed by atoms with E-state index in [2.05, 4.69) is 27.6 Å². The summed E-state index contributed by atoms with van der Waals surface area (Å²) in [6.07, 6.45) is 0.335. The van der Waals surface area contributed by atoms with E-state index in [4.69, 9.17) is 38.0 Å². The molecule has 4 rings (SSSR count). The van der Waals surface area contributed by atoms with Gasteiger partial charge in [0.1, 0.15) is 17.0 Å². The zero-order valence-corrected chi connectivity index (χ0v) is 23.6. The molecule has 4 aromatic rings. The first-order valence-electron chi connectivity index (χ1n) is 11.1. The van der Waals surface area contributed by atoms with Crippen LogP contribution in [0.5, 0.6) is 5.75 Å². The second kappa shape index (κ2) is 10.0. The molecule has 188 valence electrons. The summed E-state index contributed by atoms with van der Waals surface area (Å²) in [5.41, 5.74) is 0.842. The molecule has 0 aliphatic carbocycles. The minimum Gasteiger partial charge on any atom is -0.478 e. The molecule has 2 heterocycles. The second-order valence-electron chi connectivity index (χ2n) is 9.12. The Morgan fingerprint density at radius 3 is 2.47 bits per heavy atom. The number of carboxylic acids is 1. The molecular weight excluding hydrogens is 618 g/mol. The summed E-state index contributed by atoms with van der Waals surface area (Å²) in [7, 11) is 0. The number of carbonyl (C=O) groups is 1. The summed E-state index contributed by atoms with van der Waals surface area (Å²) < 4.78 is 7.94. The number of fused-ring (bicyclic) bond motifs is 1. The van der Waals surface area contributed by atoms with Gasteiger partial charge in [-0.2, -0.15) is 5.10 Å². The first-order chi connectivity index (χ1) is 16.9. The van der Waals surface area contributed by atoms with E-state index in [1.807, 2.05) is 13.8 Å². The number of rotatable bonds is 7. The van der Waals surface area contributed by atoms with Gasteiger partial charge in [0.15, 0.2) is 11.2 Å². The number of carboxylic acid groups (broad SMARTS) is 1. The Morgan fingerprint density at radius 2 is 1.89 bits per heavy atom. The number of benzene rings is 2. The van der Waals surface area contributed by atoms with Gasteiger partial charge < -0.3 is 14.8 Å². The van der Waals surface area contributed by atoms with Crippen LogP contribution in [-0.4, -0.2) is 36.4 Å². The fourth-order valence-corrected chi connectivity index (χ4v) is 5.46. The standard InChI is InChI=1S/C25H23Cl2IN4O4/c1-12(2)20-19-22(32(31-20)21-16(27)10-14(26)11-17(21)28)29-18(30-23(19)33)9-13-5-7-15(8-6-13)36-25(3,4)24(34)35/h5-8,10-12H,9H2,1-4H3,(H,34,35)(H,29,30,33). The highest BCUT2D eigenvalue weighted by molar-refractivity contribution is 14.1. The van der Waals surface area contributed by atoms with E-state index >= 15 is 0 Å². The van der Waals surface area contributed by atoms with E-state index in [9.17, 15) is 14.7 Å². The molecule has 2 aromatic carbocycles. The summed E-state index contributed by atoms with van der Waals surface area (Å²) in [5, 5.41) is 15.3. The SMILES string of the molecule is CC(C)c1nn(-c2c(Cl)cc(Cl)cc2I)c2nc(Cc3ccc(OC(C)(C)C(=O)O)cc3)[nH]c(=O)c12. The van der Waals surface area contributed by atoms with Crippen molar-refractivity contribution < 1.29 is 14.6 Å². The maximum Gasteiger partial charge on any atom is 0.347 e. The van der Waals surface area contributed by atoms with Gasteiger partial charge in [-0.3, -0.25) is 4.79 Å². The summed E-state index contributed by atoms with van der Waals surface area (Å²) in [4.78, 5) is 32.1. The van der Waals surface area contributed by atoms with E-state index in [1.54, 1.807) is 41.1 Å². The summed E-state index contributed by atoms with van der Waals surface area (Å²) in [6.45, 7) is 6.89. The fraction of sp³-hybridized carbons (Fsp3) is 0.280. The predicted octanol–water partition coefficient (Wildman–Crippen LogP) is 5.98. The van der Waals surface area contributed by atoms with Crippen molar-refractivity contribution in [2.75, 3.05) is 0 Å². The van der Waals surface area contributed by atoms with E-state index in [0.29, 0.717) is 50.5 Å². The number of ether oxygens (including phenoxy) is 1. The second-order valence-corrected chi connectivity index (χ2v) is 11.1. The van der Waals surface area contributed by atoms with Crippen molar-refractivity contribution in [3.8, 4) is 11.4 Å². The van der Waals surface area contributed by atoms with Crippen molar-refractivity contribution in [1.29, 1.82) is 0 Å². The third-order valence-electron chi connectivity index (χ3n) is 5.54. The van der Waals surface area contributed by atoms with Gasteiger partial charge in [-0.1, -0.05) is 49.2 Å². The van der Waals surface area contributed by atoms with Crippen LogP contribution in [0.15, 0.2) is 41.2 Å². The number of nitrogens with zero attached hydrogens (tertiary/aromatic N) is 3. The Morgan fingerprint density at radius 1 is 1.22 bits per heavy atom.